The number of thiophene rings is 1. The van der Waals surface area contributed by atoms with Crippen LogP contribution >= 0.6 is 11.3 Å². The third-order valence-electron chi connectivity index (χ3n) is 1.66. The van der Waals surface area contributed by atoms with Crippen LogP contribution in [0.2, 0.25) is 0 Å². The van der Waals surface area contributed by atoms with Gasteiger partial charge in [-0.15, -0.1) is 11.3 Å². The Balaban J connectivity index is 2.30. The summed E-state index contributed by atoms with van der Waals surface area (Å²) < 4.78 is 0. The lowest BCUT2D eigenvalue weighted by atomic mass is 10.3. The second-order valence-corrected chi connectivity index (χ2v) is 3.91. The Morgan fingerprint density at radius 3 is 3.07 bits per heavy atom. The first-order valence-electron chi connectivity index (χ1n) is 4.50. The molecule has 1 aromatic rings. The minimum absolute atomic E-state index is 0.0596. The lowest BCUT2D eigenvalue weighted by Gasteiger charge is -2.06. The molecule has 1 aromatic heterocycles. The maximum Gasteiger partial charge on any atom is 0.244 e. The summed E-state index contributed by atoms with van der Waals surface area (Å²) in [5.41, 5.74) is 0. The second kappa shape index (κ2) is 6.34. The Hall–Kier alpha value is -1.17. The molecule has 0 aromatic carbocycles. The van der Waals surface area contributed by atoms with Gasteiger partial charge < -0.3 is 15.5 Å². The van der Waals surface area contributed by atoms with Crippen molar-refractivity contribution in [3.63, 3.8) is 0 Å². The van der Waals surface area contributed by atoms with Crippen molar-refractivity contribution in [2.45, 2.75) is 6.10 Å². The Morgan fingerprint density at radius 2 is 2.47 bits per heavy atom. The van der Waals surface area contributed by atoms with Crippen molar-refractivity contribution >= 4 is 23.3 Å². The molecule has 1 heterocycles. The van der Waals surface area contributed by atoms with E-state index in [0.717, 1.165) is 4.88 Å². The van der Waals surface area contributed by atoms with Crippen LogP contribution in [0.4, 0.5) is 0 Å². The van der Waals surface area contributed by atoms with Gasteiger partial charge in [-0.25, -0.2) is 0 Å². The highest BCUT2D eigenvalue weighted by Gasteiger charge is 2.02. The van der Waals surface area contributed by atoms with Crippen LogP contribution in [0, 0.1) is 0 Å². The summed E-state index contributed by atoms with van der Waals surface area (Å²) in [7, 11) is 0. The molecule has 1 rings (SSSR count). The molecule has 0 saturated carbocycles. The average molecular weight is 227 g/mol. The molecular weight excluding hydrogens is 214 g/mol. The third kappa shape index (κ3) is 4.73. The van der Waals surface area contributed by atoms with Crippen LogP contribution in [0.3, 0.4) is 0 Å². The van der Waals surface area contributed by atoms with Crippen LogP contribution in [0.15, 0.2) is 23.6 Å². The number of carbonyl (C=O) groups excluding carboxylic acids is 1. The molecule has 0 fully saturated rings. The predicted molar refractivity (Wildman–Crippen MR) is 59.5 cm³/mol. The Labute approximate surface area is 91.9 Å². The highest BCUT2D eigenvalue weighted by Crippen LogP contribution is 2.09. The molecule has 82 valence electrons. The highest BCUT2D eigenvalue weighted by atomic mass is 32.1. The van der Waals surface area contributed by atoms with E-state index in [1.54, 1.807) is 6.08 Å². The smallest absolute Gasteiger partial charge is 0.244 e. The number of nitrogens with one attached hydrogen (secondary N) is 1. The van der Waals surface area contributed by atoms with E-state index in [2.05, 4.69) is 5.32 Å². The van der Waals surface area contributed by atoms with Crippen molar-refractivity contribution in [1.82, 2.24) is 5.32 Å². The number of hydrogen-bond donors (Lipinski definition) is 3. The molecule has 15 heavy (non-hydrogen) atoms. The molecule has 0 aliphatic carbocycles. The topological polar surface area (TPSA) is 69.6 Å². The van der Waals surface area contributed by atoms with Gasteiger partial charge in [-0.05, 0) is 17.5 Å². The first kappa shape index (κ1) is 11.9. The number of carbonyl (C=O) groups is 1. The fraction of sp³-hybridized carbons (Fsp3) is 0.300. The normalized spacial score (nSPS) is 12.9. The van der Waals surface area contributed by atoms with Crippen molar-refractivity contribution in [2.75, 3.05) is 13.2 Å². The first-order chi connectivity index (χ1) is 7.22. The molecule has 4 nitrogen and oxygen atoms in total. The van der Waals surface area contributed by atoms with Gasteiger partial charge in [0.15, 0.2) is 0 Å². The zero-order chi connectivity index (χ0) is 11.1. The number of rotatable bonds is 5. The summed E-state index contributed by atoms with van der Waals surface area (Å²) in [6.07, 6.45) is 2.20. The van der Waals surface area contributed by atoms with Crippen LogP contribution in [-0.2, 0) is 4.79 Å². The zero-order valence-electron chi connectivity index (χ0n) is 8.09. The zero-order valence-corrected chi connectivity index (χ0v) is 8.91. The monoisotopic (exact) mass is 227 g/mol. The van der Waals surface area contributed by atoms with E-state index < -0.39 is 6.10 Å². The molecule has 1 unspecified atom stereocenters. The van der Waals surface area contributed by atoms with Crippen molar-refractivity contribution < 1.29 is 15.0 Å². The minimum Gasteiger partial charge on any atom is -0.394 e. The van der Waals surface area contributed by atoms with E-state index in [9.17, 15) is 4.79 Å². The van der Waals surface area contributed by atoms with Gasteiger partial charge in [0.05, 0.1) is 12.7 Å². The summed E-state index contributed by atoms with van der Waals surface area (Å²) in [5, 5.41) is 21.9. The van der Waals surface area contributed by atoms with Gasteiger partial charge in [-0.1, -0.05) is 6.07 Å². The molecule has 0 bridgehead atoms. The van der Waals surface area contributed by atoms with Gasteiger partial charge >= 0.3 is 0 Å². The summed E-state index contributed by atoms with van der Waals surface area (Å²) in [6, 6.07) is 3.80. The number of aliphatic hydroxyl groups excluding tert-OH is 2. The Bertz CT molecular complexity index is 321. The molecule has 0 spiro atoms. The lowest BCUT2D eigenvalue weighted by molar-refractivity contribution is -0.117. The van der Waals surface area contributed by atoms with Crippen LogP contribution in [0.25, 0.3) is 6.08 Å². The molecular formula is C10H13NO3S. The fourth-order valence-corrected chi connectivity index (χ4v) is 1.50. The van der Waals surface area contributed by atoms with Crippen LogP contribution in [0.1, 0.15) is 4.88 Å². The third-order valence-corrected chi connectivity index (χ3v) is 2.50. The van der Waals surface area contributed by atoms with E-state index in [4.69, 9.17) is 10.2 Å². The van der Waals surface area contributed by atoms with E-state index in [0.29, 0.717) is 0 Å². The molecule has 0 radical (unpaired) electrons. The maximum absolute atomic E-state index is 11.2. The summed E-state index contributed by atoms with van der Waals surface area (Å²) in [4.78, 5) is 12.2. The number of amides is 1. The van der Waals surface area contributed by atoms with Gasteiger partial charge in [-0.3, -0.25) is 4.79 Å². The van der Waals surface area contributed by atoms with Crippen molar-refractivity contribution in [1.29, 1.82) is 0 Å². The standard InChI is InChI=1S/C10H13NO3S/c12-7-8(13)6-11-10(14)4-3-9-2-1-5-15-9/h1-5,8,12-13H,6-7H2,(H,11,14). The molecule has 3 N–H and O–H groups in total. The minimum atomic E-state index is -0.899. The highest BCUT2D eigenvalue weighted by molar-refractivity contribution is 7.10. The molecule has 0 aliphatic heterocycles. The largest absolute Gasteiger partial charge is 0.394 e. The average Bonchev–Trinajstić information content (AvgIpc) is 2.75. The predicted octanol–water partition coefficient (Wildman–Crippen LogP) is 0.231. The van der Waals surface area contributed by atoms with Crippen LogP contribution < -0.4 is 5.32 Å². The molecule has 5 heteroatoms. The summed E-state index contributed by atoms with van der Waals surface area (Å²) >= 11 is 1.54. The van der Waals surface area contributed by atoms with E-state index in [1.807, 2.05) is 17.5 Å². The van der Waals surface area contributed by atoms with Crippen molar-refractivity contribution in [2.24, 2.45) is 0 Å². The second-order valence-electron chi connectivity index (χ2n) is 2.93. The SMILES string of the molecule is O=C(C=Cc1cccs1)NCC(O)CO. The number of hydrogen-bond acceptors (Lipinski definition) is 4. The Kier molecular flexibility index (Phi) is 5.03. The van der Waals surface area contributed by atoms with Gasteiger partial charge in [0.1, 0.15) is 0 Å². The maximum atomic E-state index is 11.2. The van der Waals surface area contributed by atoms with E-state index in [-0.39, 0.29) is 19.1 Å². The van der Waals surface area contributed by atoms with Crippen LogP contribution in [0.5, 0.6) is 0 Å². The van der Waals surface area contributed by atoms with Gasteiger partial charge in [-0.2, -0.15) is 0 Å². The molecule has 1 atom stereocenters. The van der Waals surface area contributed by atoms with Crippen molar-refractivity contribution in [3.05, 3.63) is 28.5 Å². The lowest BCUT2D eigenvalue weighted by Crippen LogP contribution is -2.32. The molecule has 1 amide bonds. The number of aliphatic hydroxyl groups is 2. The summed E-state index contributed by atoms with van der Waals surface area (Å²) in [5.74, 6) is -0.282. The molecule has 0 saturated heterocycles. The first-order valence-corrected chi connectivity index (χ1v) is 5.38. The molecule has 0 aliphatic rings. The van der Waals surface area contributed by atoms with Crippen molar-refractivity contribution in [3.8, 4) is 0 Å². The van der Waals surface area contributed by atoms with Crippen LogP contribution in [-0.4, -0.2) is 35.4 Å². The van der Waals surface area contributed by atoms with Gasteiger partial charge in [0, 0.05) is 17.5 Å². The van der Waals surface area contributed by atoms with E-state index >= 15 is 0 Å². The fourth-order valence-electron chi connectivity index (χ4n) is 0.886. The van der Waals surface area contributed by atoms with E-state index in [1.165, 1.54) is 17.4 Å². The van der Waals surface area contributed by atoms with Gasteiger partial charge in [0.2, 0.25) is 5.91 Å². The summed E-state index contributed by atoms with van der Waals surface area (Å²) in [6.45, 7) is -0.293. The quantitative estimate of drug-likeness (QED) is 0.631. The Morgan fingerprint density at radius 1 is 1.67 bits per heavy atom. The van der Waals surface area contributed by atoms with Gasteiger partial charge in [0.25, 0.3) is 0 Å².